The Morgan fingerprint density at radius 3 is 0.371 bits per heavy atom. The normalized spacial score (nSPS) is 9.71. The minimum absolute atomic E-state index is 0. The molecule has 0 spiro atoms. The van der Waals surface area contributed by atoms with Crippen LogP contribution >= 0.6 is 0 Å². The molecule has 0 aromatic heterocycles. The van der Waals surface area contributed by atoms with Crippen molar-refractivity contribution in [2.75, 3.05) is 0 Å². The van der Waals surface area contributed by atoms with Crippen molar-refractivity contribution in [2.45, 2.75) is 0 Å². The van der Waals surface area contributed by atoms with Gasteiger partial charge in [0.25, 0.3) is 0 Å². The Morgan fingerprint density at radius 2 is 0.247 bits per heavy atom. The predicted molar refractivity (Wildman–Crippen MR) is 384 cm³/mol. The molecular weight excluding hydrogens is 1290 g/mol. The van der Waals surface area contributed by atoms with Gasteiger partial charge >= 0.3 is 31.1 Å². The van der Waals surface area contributed by atoms with Crippen LogP contribution in [0, 0.1) is 43.2 Å². The molecule has 0 radical (unpaired) electrons. The van der Waals surface area contributed by atoms with Crippen molar-refractivity contribution in [2.24, 2.45) is 0 Å². The van der Waals surface area contributed by atoms with Crippen LogP contribution in [-0.2, 0) is 0 Å². The van der Waals surface area contributed by atoms with Gasteiger partial charge in [-0.1, -0.05) is 352 Å². The number of hydrogen-bond acceptors (Lipinski definition) is 0. The second-order valence-corrected chi connectivity index (χ2v) is 20.2. The first-order valence-electron chi connectivity index (χ1n) is 29.7. The number of benzene rings is 17. The molecule has 0 nitrogen and oxygen atoms in total. The molecule has 1 heteroatoms. The van der Waals surface area contributed by atoms with Crippen molar-refractivity contribution in [3.8, 4) is 11.1 Å². The first kappa shape index (κ1) is 64.6. The molecule has 0 atom stereocenters. The van der Waals surface area contributed by atoms with Crippen molar-refractivity contribution in [3.05, 3.63) is 437 Å². The van der Waals surface area contributed by atoms with E-state index in [0.29, 0.717) is 0 Å². The molecule has 0 bridgehead atoms. The van der Waals surface area contributed by atoms with Crippen LogP contribution in [0.2, 0.25) is 0 Å². The van der Waals surface area contributed by atoms with Gasteiger partial charge in [-0.2, -0.15) is 48.5 Å². The maximum Gasteiger partial charge on any atom is 2.00 e. The minimum Gasteiger partial charge on any atom is -0.226 e. The van der Waals surface area contributed by atoms with Crippen molar-refractivity contribution in [1.29, 1.82) is 0 Å². The van der Waals surface area contributed by atoms with Crippen molar-refractivity contribution in [3.63, 3.8) is 0 Å². The Kier molecular flexibility index (Phi) is 27.5. The predicted octanol–water partition coefficient (Wildman–Crippen LogP) is 24.5. The van der Waals surface area contributed by atoms with Gasteiger partial charge in [0.15, 0.2) is 0 Å². The minimum atomic E-state index is 0. The SMILES string of the molecule is [U+2].[c-]1ccccc1-c1[c-]cccc1.c1ccc2cc3ccccc3cc2c1.c1ccc2cc3ccccc3cc2c1.c1ccc2ccccc2c1.c1ccc2ccccc2c1.c1ccc2ccccc2c1.c1ccccc1.c1ccccc1.c1ccccc1. The summed E-state index contributed by atoms with van der Waals surface area (Å²) >= 11 is 0. The van der Waals surface area contributed by atoms with Gasteiger partial charge in [-0.3, -0.25) is 0 Å². The molecule has 0 amide bonds. The van der Waals surface area contributed by atoms with E-state index in [-0.39, 0.29) is 31.1 Å². The quantitative estimate of drug-likeness (QED) is 0.114. The van der Waals surface area contributed by atoms with E-state index < -0.39 is 0 Å². The third kappa shape index (κ3) is 22.1. The molecule has 0 aliphatic rings. The van der Waals surface area contributed by atoms with E-state index in [1.165, 1.54) is 75.4 Å². The van der Waals surface area contributed by atoms with E-state index in [1.54, 1.807) is 0 Å². The molecule has 0 saturated heterocycles. The zero-order valence-electron chi connectivity index (χ0n) is 49.9. The second-order valence-electron chi connectivity index (χ2n) is 20.2. The van der Waals surface area contributed by atoms with Gasteiger partial charge in [0.2, 0.25) is 0 Å². The standard InChI is InChI=1S/2C14H10.C12H8.3C10H8.3C6H6.U/c2*1-2-6-12-10-14-8-4-3-7-13(14)9-11(12)5-1;1-3-7-11(8-4-1)12-9-5-2-6-10-12;3*1-2-6-10-8-4-3-7-9(10)5-1;3*1-2-4-6-5-3-1;/h2*1-10H;1-7,9H;3*1-8H;3*1-6H;/q;;-2;;;;;;;+2. The van der Waals surface area contributed by atoms with Crippen LogP contribution in [-0.4, -0.2) is 0 Å². The molecule has 426 valence electrons. The summed E-state index contributed by atoms with van der Waals surface area (Å²) in [6.07, 6.45) is 0. The summed E-state index contributed by atoms with van der Waals surface area (Å²) in [6, 6.07) is 151. The first-order chi connectivity index (χ1) is 43.7. The van der Waals surface area contributed by atoms with Gasteiger partial charge in [-0.15, -0.1) is 12.1 Å². The molecule has 0 aliphatic heterocycles. The van der Waals surface area contributed by atoms with Gasteiger partial charge in [0.1, 0.15) is 0 Å². The molecule has 17 aromatic carbocycles. The summed E-state index contributed by atoms with van der Waals surface area (Å²) < 4.78 is 0. The van der Waals surface area contributed by atoms with Gasteiger partial charge in [-0.05, 0) is 99.7 Å². The summed E-state index contributed by atoms with van der Waals surface area (Å²) in [5, 5.41) is 18.4. The smallest absolute Gasteiger partial charge is 0.226 e. The Bertz CT molecular complexity index is 3790. The molecule has 0 N–H and O–H groups in total. The fraction of sp³-hybridized carbons (Fsp3) is 0. The number of fused-ring (bicyclic) bond motifs is 7. The number of rotatable bonds is 1. The average Bonchev–Trinajstić information content (AvgIpc) is 3.26. The molecular formula is C88H70U. The average molecular weight is 1370 g/mol. The summed E-state index contributed by atoms with van der Waals surface area (Å²) in [4.78, 5) is 0. The van der Waals surface area contributed by atoms with Crippen molar-refractivity contribution >= 4 is 75.4 Å². The van der Waals surface area contributed by atoms with Crippen LogP contribution in [0.25, 0.3) is 86.5 Å². The third-order valence-corrected chi connectivity index (χ3v) is 13.9. The monoisotopic (exact) mass is 1360 g/mol. The van der Waals surface area contributed by atoms with E-state index in [1.807, 2.05) is 158 Å². The zero-order valence-corrected chi connectivity index (χ0v) is 54.1. The van der Waals surface area contributed by atoms with Crippen LogP contribution < -0.4 is 0 Å². The van der Waals surface area contributed by atoms with Crippen molar-refractivity contribution < 1.29 is 31.1 Å². The van der Waals surface area contributed by atoms with Gasteiger partial charge in [-0.25, -0.2) is 11.1 Å². The molecule has 0 saturated carbocycles. The molecule has 0 aliphatic carbocycles. The Labute approximate surface area is 550 Å². The van der Waals surface area contributed by atoms with E-state index in [2.05, 4.69) is 279 Å². The largest absolute Gasteiger partial charge is 2.00 e. The van der Waals surface area contributed by atoms with E-state index >= 15 is 0 Å². The Morgan fingerprint density at radius 1 is 0.124 bits per heavy atom. The van der Waals surface area contributed by atoms with E-state index in [4.69, 9.17) is 0 Å². The van der Waals surface area contributed by atoms with E-state index in [9.17, 15) is 0 Å². The van der Waals surface area contributed by atoms with E-state index in [0.717, 1.165) is 11.1 Å². The molecule has 17 aromatic rings. The van der Waals surface area contributed by atoms with Gasteiger partial charge in [0.05, 0.1) is 0 Å². The van der Waals surface area contributed by atoms with Gasteiger partial charge in [0, 0.05) is 0 Å². The zero-order chi connectivity index (χ0) is 60.1. The van der Waals surface area contributed by atoms with Crippen LogP contribution in [0.3, 0.4) is 0 Å². The Balaban J connectivity index is 0.000000131. The molecule has 89 heavy (non-hydrogen) atoms. The topological polar surface area (TPSA) is 0 Å². The maximum atomic E-state index is 3.15. The molecule has 0 fully saturated rings. The summed E-state index contributed by atoms with van der Waals surface area (Å²) in [7, 11) is 0. The summed E-state index contributed by atoms with van der Waals surface area (Å²) in [5.74, 6) is 0. The third-order valence-electron chi connectivity index (χ3n) is 13.9. The van der Waals surface area contributed by atoms with Crippen LogP contribution in [0.5, 0.6) is 0 Å². The molecule has 0 unspecified atom stereocenters. The van der Waals surface area contributed by atoms with Gasteiger partial charge < -0.3 is 0 Å². The van der Waals surface area contributed by atoms with Crippen LogP contribution in [0.15, 0.2) is 425 Å². The van der Waals surface area contributed by atoms with Crippen LogP contribution in [0.4, 0.5) is 0 Å². The first-order valence-corrected chi connectivity index (χ1v) is 29.7. The molecule has 17 rings (SSSR count). The van der Waals surface area contributed by atoms with Crippen LogP contribution in [0.1, 0.15) is 0 Å². The fourth-order valence-electron chi connectivity index (χ4n) is 9.44. The Hall–Kier alpha value is -10.4. The fourth-order valence-corrected chi connectivity index (χ4v) is 9.44. The maximum absolute atomic E-state index is 3.15. The van der Waals surface area contributed by atoms with Crippen molar-refractivity contribution in [1.82, 2.24) is 0 Å². The molecule has 0 heterocycles. The summed E-state index contributed by atoms with van der Waals surface area (Å²) in [5.41, 5.74) is 2.19. The number of hydrogen-bond donors (Lipinski definition) is 0. The summed E-state index contributed by atoms with van der Waals surface area (Å²) in [6.45, 7) is 0. The second kappa shape index (κ2) is 37.9.